The summed E-state index contributed by atoms with van der Waals surface area (Å²) in [5, 5.41) is 5.59. The van der Waals surface area contributed by atoms with E-state index in [2.05, 4.69) is 10.6 Å². The molecule has 2 N–H and O–H groups in total. The van der Waals surface area contributed by atoms with Crippen molar-refractivity contribution in [2.75, 3.05) is 23.9 Å². The van der Waals surface area contributed by atoms with Crippen LogP contribution in [0.3, 0.4) is 0 Å². The van der Waals surface area contributed by atoms with Crippen molar-refractivity contribution in [3.05, 3.63) is 87.4 Å². The van der Waals surface area contributed by atoms with Crippen LogP contribution in [0.1, 0.15) is 11.1 Å². The standard InChI is InChI=1S/C27H21Cl2N3O6/c1-15-18(28)7-5-9-21(15)32-26(35)17(25(34)31-27(32)36)12-16-10-11-22(23(13-16)37-2)38-14-24(33)30-20-8-4-3-6-19(20)29/h3-13H,14H2,1-2H3,(H,30,33)(H,31,34,36)/b17-12-. The highest BCUT2D eigenvalue weighted by molar-refractivity contribution is 6.40. The van der Waals surface area contributed by atoms with Crippen molar-refractivity contribution in [3.8, 4) is 11.5 Å². The van der Waals surface area contributed by atoms with Gasteiger partial charge in [-0.2, -0.15) is 0 Å². The zero-order valence-corrected chi connectivity index (χ0v) is 21.7. The third kappa shape index (κ3) is 5.64. The van der Waals surface area contributed by atoms with Gasteiger partial charge in [0.15, 0.2) is 18.1 Å². The Kier molecular flexibility index (Phi) is 7.99. The number of nitrogens with one attached hydrogen (secondary N) is 2. The van der Waals surface area contributed by atoms with E-state index < -0.39 is 23.8 Å². The Labute approximate surface area is 227 Å². The Bertz CT molecular complexity index is 1490. The summed E-state index contributed by atoms with van der Waals surface area (Å²) in [7, 11) is 1.41. The van der Waals surface area contributed by atoms with Crippen LogP contribution >= 0.6 is 23.2 Å². The first-order valence-electron chi connectivity index (χ1n) is 11.2. The molecule has 0 radical (unpaired) electrons. The van der Waals surface area contributed by atoms with E-state index in [0.717, 1.165) is 4.90 Å². The molecule has 0 aliphatic carbocycles. The van der Waals surface area contributed by atoms with Crippen molar-refractivity contribution >= 4 is 64.4 Å². The van der Waals surface area contributed by atoms with Gasteiger partial charge in [0, 0.05) is 5.02 Å². The molecule has 3 aromatic rings. The number of halogens is 2. The second-order valence-electron chi connectivity index (χ2n) is 8.07. The Morgan fingerprint density at radius 1 is 1.00 bits per heavy atom. The fourth-order valence-corrected chi connectivity index (χ4v) is 4.02. The van der Waals surface area contributed by atoms with Crippen molar-refractivity contribution in [3.63, 3.8) is 0 Å². The average molecular weight is 554 g/mol. The van der Waals surface area contributed by atoms with Gasteiger partial charge in [-0.1, -0.05) is 47.5 Å². The summed E-state index contributed by atoms with van der Waals surface area (Å²) in [5.74, 6) is -1.56. The van der Waals surface area contributed by atoms with Crippen LogP contribution in [-0.4, -0.2) is 37.5 Å². The van der Waals surface area contributed by atoms with Crippen LogP contribution in [0.25, 0.3) is 6.08 Å². The molecule has 11 heteroatoms. The van der Waals surface area contributed by atoms with Crippen molar-refractivity contribution < 1.29 is 28.7 Å². The van der Waals surface area contributed by atoms with E-state index in [0.29, 0.717) is 26.9 Å². The molecule has 5 amide bonds. The number of amides is 5. The maximum Gasteiger partial charge on any atom is 0.335 e. The number of hydrogen-bond acceptors (Lipinski definition) is 6. The number of carbonyl (C=O) groups is 4. The number of methoxy groups -OCH3 is 1. The quantitative estimate of drug-likeness (QED) is 0.314. The van der Waals surface area contributed by atoms with Crippen LogP contribution in [0.4, 0.5) is 16.2 Å². The highest BCUT2D eigenvalue weighted by Gasteiger charge is 2.37. The number of urea groups is 1. The SMILES string of the molecule is COc1cc(/C=C2/C(=O)NC(=O)N(c3cccc(Cl)c3C)C2=O)ccc1OCC(=O)Nc1ccccc1Cl. The van der Waals surface area contributed by atoms with E-state index in [1.165, 1.54) is 25.3 Å². The lowest BCUT2D eigenvalue weighted by Crippen LogP contribution is -2.54. The fraction of sp³-hybridized carbons (Fsp3) is 0.111. The zero-order valence-electron chi connectivity index (χ0n) is 20.2. The summed E-state index contributed by atoms with van der Waals surface area (Å²) in [4.78, 5) is 51.4. The van der Waals surface area contributed by atoms with Gasteiger partial charge in [0.2, 0.25) is 0 Å². The molecule has 4 rings (SSSR count). The summed E-state index contributed by atoms with van der Waals surface area (Å²) in [6.07, 6.45) is 1.33. The third-order valence-electron chi connectivity index (χ3n) is 5.59. The van der Waals surface area contributed by atoms with Crippen LogP contribution < -0.4 is 25.0 Å². The number of imide groups is 2. The van der Waals surface area contributed by atoms with Gasteiger partial charge in [-0.25, -0.2) is 9.69 Å². The molecule has 38 heavy (non-hydrogen) atoms. The normalized spacial score (nSPS) is 14.4. The van der Waals surface area contributed by atoms with Crippen molar-refractivity contribution in [1.82, 2.24) is 5.32 Å². The molecule has 1 saturated heterocycles. The van der Waals surface area contributed by atoms with Gasteiger partial charge in [0.25, 0.3) is 17.7 Å². The average Bonchev–Trinajstić information content (AvgIpc) is 2.89. The number of carbonyl (C=O) groups excluding carboxylic acids is 4. The van der Waals surface area contributed by atoms with E-state index in [9.17, 15) is 19.2 Å². The third-order valence-corrected chi connectivity index (χ3v) is 6.33. The molecule has 1 fully saturated rings. The molecule has 1 aliphatic heterocycles. The molecule has 0 atom stereocenters. The molecule has 1 heterocycles. The van der Waals surface area contributed by atoms with Crippen molar-refractivity contribution in [2.45, 2.75) is 6.92 Å². The molecule has 0 bridgehead atoms. The summed E-state index contributed by atoms with van der Waals surface area (Å²) in [5.41, 5.74) is 1.37. The van der Waals surface area contributed by atoms with E-state index >= 15 is 0 Å². The molecule has 0 aromatic heterocycles. The lowest BCUT2D eigenvalue weighted by atomic mass is 10.1. The predicted molar refractivity (Wildman–Crippen MR) is 144 cm³/mol. The van der Waals surface area contributed by atoms with E-state index in [1.54, 1.807) is 55.5 Å². The minimum atomic E-state index is -0.876. The van der Waals surface area contributed by atoms with Gasteiger partial charge in [-0.15, -0.1) is 0 Å². The Morgan fingerprint density at radius 3 is 2.47 bits per heavy atom. The van der Waals surface area contributed by atoms with Gasteiger partial charge in [-0.05, 0) is 60.5 Å². The number of hydrogen-bond donors (Lipinski definition) is 2. The molecule has 194 valence electrons. The second kappa shape index (κ2) is 11.4. The van der Waals surface area contributed by atoms with Crippen LogP contribution in [-0.2, 0) is 14.4 Å². The largest absolute Gasteiger partial charge is 0.493 e. The van der Waals surface area contributed by atoms with E-state index in [4.69, 9.17) is 32.7 Å². The summed E-state index contributed by atoms with van der Waals surface area (Å²) >= 11 is 12.2. The number of rotatable bonds is 7. The van der Waals surface area contributed by atoms with Crippen LogP contribution in [0, 0.1) is 6.92 Å². The monoisotopic (exact) mass is 553 g/mol. The Hall–Kier alpha value is -4.34. The number of benzene rings is 3. The summed E-state index contributed by atoms with van der Waals surface area (Å²) in [6.45, 7) is 1.34. The number of anilines is 2. The van der Waals surface area contributed by atoms with Crippen LogP contribution in [0.2, 0.25) is 10.0 Å². The highest BCUT2D eigenvalue weighted by Crippen LogP contribution is 2.32. The molecule has 1 aliphatic rings. The first-order chi connectivity index (χ1) is 18.2. The Balaban J connectivity index is 1.54. The first-order valence-corrected chi connectivity index (χ1v) is 12.0. The van der Waals surface area contributed by atoms with Crippen LogP contribution in [0.15, 0.2) is 66.2 Å². The molecule has 0 unspecified atom stereocenters. The maximum atomic E-state index is 13.2. The minimum absolute atomic E-state index is 0.257. The van der Waals surface area contributed by atoms with Gasteiger partial charge < -0.3 is 14.8 Å². The highest BCUT2D eigenvalue weighted by atomic mass is 35.5. The molecular weight excluding hydrogens is 533 g/mol. The molecular formula is C27H21Cl2N3O6. The predicted octanol–water partition coefficient (Wildman–Crippen LogP) is 4.99. The van der Waals surface area contributed by atoms with Crippen molar-refractivity contribution in [2.24, 2.45) is 0 Å². The molecule has 9 nitrogen and oxygen atoms in total. The summed E-state index contributed by atoms with van der Waals surface area (Å²) < 4.78 is 11.0. The number of barbiturate groups is 1. The summed E-state index contributed by atoms with van der Waals surface area (Å²) in [6, 6.07) is 15.3. The number of ether oxygens (including phenoxy) is 2. The molecule has 3 aromatic carbocycles. The lowest BCUT2D eigenvalue weighted by molar-refractivity contribution is -0.122. The minimum Gasteiger partial charge on any atom is -0.493 e. The van der Waals surface area contributed by atoms with E-state index in [-0.39, 0.29) is 29.4 Å². The maximum absolute atomic E-state index is 13.2. The van der Waals surface area contributed by atoms with Crippen molar-refractivity contribution in [1.29, 1.82) is 0 Å². The topological polar surface area (TPSA) is 114 Å². The van der Waals surface area contributed by atoms with Gasteiger partial charge >= 0.3 is 6.03 Å². The first kappa shape index (κ1) is 26.7. The molecule has 0 spiro atoms. The fourth-order valence-electron chi connectivity index (χ4n) is 3.67. The van der Waals surface area contributed by atoms with Gasteiger partial charge in [0.1, 0.15) is 5.57 Å². The number of para-hydroxylation sites is 1. The number of nitrogens with zero attached hydrogens (tertiary/aromatic N) is 1. The van der Waals surface area contributed by atoms with Gasteiger partial charge in [0.05, 0.1) is 23.5 Å². The van der Waals surface area contributed by atoms with E-state index in [1.807, 2.05) is 0 Å². The zero-order chi connectivity index (χ0) is 27.4. The Morgan fingerprint density at radius 2 is 1.74 bits per heavy atom. The van der Waals surface area contributed by atoms with Gasteiger partial charge in [-0.3, -0.25) is 19.7 Å². The lowest BCUT2D eigenvalue weighted by Gasteiger charge is -2.27. The van der Waals surface area contributed by atoms with Crippen LogP contribution in [0.5, 0.6) is 11.5 Å². The smallest absolute Gasteiger partial charge is 0.335 e. The molecule has 0 saturated carbocycles. The second-order valence-corrected chi connectivity index (χ2v) is 8.88.